The van der Waals surface area contributed by atoms with Gasteiger partial charge in [0.1, 0.15) is 17.1 Å². The van der Waals surface area contributed by atoms with Crippen LogP contribution in [0.25, 0.3) is 22.3 Å². The zero-order valence-corrected chi connectivity index (χ0v) is 18.1. The van der Waals surface area contributed by atoms with Crippen molar-refractivity contribution in [3.05, 3.63) is 81.9 Å². The predicted octanol–water partition coefficient (Wildman–Crippen LogP) is 4.37. The zero-order valence-electron chi connectivity index (χ0n) is 18.1. The lowest BCUT2D eigenvalue weighted by molar-refractivity contribution is -0.123. The number of hydrogen-bond donors (Lipinski definition) is 1. The van der Waals surface area contributed by atoms with Gasteiger partial charge in [-0.05, 0) is 67.4 Å². The van der Waals surface area contributed by atoms with Gasteiger partial charge >= 0.3 is 0 Å². The normalized spacial score (nSPS) is 10.8. The molecule has 0 saturated heterocycles. The molecule has 0 unspecified atom stereocenters. The summed E-state index contributed by atoms with van der Waals surface area (Å²) in [5, 5.41) is 3.11. The van der Waals surface area contributed by atoms with Gasteiger partial charge in [0, 0.05) is 5.56 Å². The van der Waals surface area contributed by atoms with Crippen LogP contribution in [-0.2, 0) is 11.3 Å². The number of hydrogen-bond acceptors (Lipinski definition) is 6. The van der Waals surface area contributed by atoms with Crippen molar-refractivity contribution in [2.75, 3.05) is 13.7 Å². The summed E-state index contributed by atoms with van der Waals surface area (Å²) >= 11 is 0. The lowest BCUT2D eigenvalue weighted by Gasteiger charge is -2.13. The zero-order chi connectivity index (χ0) is 22.7. The first-order chi connectivity index (χ1) is 15.5. The fourth-order valence-corrected chi connectivity index (χ4v) is 3.48. The van der Waals surface area contributed by atoms with E-state index in [0.29, 0.717) is 28.0 Å². The Labute approximate surface area is 184 Å². The van der Waals surface area contributed by atoms with E-state index in [-0.39, 0.29) is 36.0 Å². The molecule has 4 aromatic rings. The molecule has 0 aliphatic rings. The monoisotopic (exact) mass is 433 g/mol. The van der Waals surface area contributed by atoms with Crippen molar-refractivity contribution < 1.29 is 23.1 Å². The van der Waals surface area contributed by atoms with Crippen molar-refractivity contribution in [3.63, 3.8) is 0 Å². The molecular weight excluding hydrogens is 410 g/mol. The number of amides is 1. The molecule has 0 fully saturated rings. The molecule has 0 aliphatic carbocycles. The molecule has 0 spiro atoms. The summed E-state index contributed by atoms with van der Waals surface area (Å²) in [4.78, 5) is 25.6. The van der Waals surface area contributed by atoms with E-state index in [1.165, 1.54) is 6.26 Å². The Balaban J connectivity index is 1.70. The number of methoxy groups -OCH3 is 1. The summed E-state index contributed by atoms with van der Waals surface area (Å²) in [6, 6.07) is 14.3. The van der Waals surface area contributed by atoms with E-state index in [1.807, 2.05) is 19.9 Å². The van der Waals surface area contributed by atoms with Gasteiger partial charge < -0.3 is 23.6 Å². The summed E-state index contributed by atoms with van der Waals surface area (Å²) in [7, 11) is 1.58. The molecule has 7 heteroatoms. The Morgan fingerprint density at radius 1 is 1.09 bits per heavy atom. The smallest absolute Gasteiger partial charge is 0.258 e. The number of furan rings is 1. The predicted molar refractivity (Wildman–Crippen MR) is 120 cm³/mol. The van der Waals surface area contributed by atoms with Gasteiger partial charge in [-0.1, -0.05) is 6.07 Å². The summed E-state index contributed by atoms with van der Waals surface area (Å²) in [6.45, 7) is 3.68. The fourth-order valence-electron chi connectivity index (χ4n) is 3.48. The van der Waals surface area contributed by atoms with Crippen LogP contribution < -0.4 is 20.2 Å². The lowest BCUT2D eigenvalue weighted by atomic mass is 10.1. The number of carbonyl (C=O) groups is 1. The van der Waals surface area contributed by atoms with E-state index in [4.69, 9.17) is 18.3 Å². The standard InChI is InChI=1S/C25H23NO6/c1-15-11-16(2)23-20(12-15)22(28)25(24(32-23)17-6-8-18(29-3)9-7-17)31-14-21(27)26-13-19-5-4-10-30-19/h4-12H,13-14H2,1-3H3,(H,26,27). The van der Waals surface area contributed by atoms with Crippen LogP contribution in [0.4, 0.5) is 0 Å². The highest BCUT2D eigenvalue weighted by Gasteiger charge is 2.20. The van der Waals surface area contributed by atoms with E-state index in [0.717, 1.165) is 11.1 Å². The average Bonchev–Trinajstić information content (AvgIpc) is 3.31. The topological polar surface area (TPSA) is 90.9 Å². The summed E-state index contributed by atoms with van der Waals surface area (Å²) in [6.07, 6.45) is 1.53. The Kier molecular flexibility index (Phi) is 5.98. The van der Waals surface area contributed by atoms with Crippen LogP contribution in [0.1, 0.15) is 16.9 Å². The number of fused-ring (bicyclic) bond motifs is 1. The SMILES string of the molecule is COc1ccc(-c2oc3c(C)cc(C)cc3c(=O)c2OCC(=O)NCc2ccco2)cc1. The second-order valence-electron chi connectivity index (χ2n) is 7.42. The van der Waals surface area contributed by atoms with E-state index in [1.54, 1.807) is 49.6 Å². The number of carbonyl (C=O) groups excluding carboxylic acids is 1. The first-order valence-electron chi connectivity index (χ1n) is 10.1. The minimum absolute atomic E-state index is 0.0131. The molecule has 0 saturated carbocycles. The Morgan fingerprint density at radius 3 is 2.56 bits per heavy atom. The molecule has 0 radical (unpaired) electrons. The van der Waals surface area contributed by atoms with Gasteiger partial charge in [-0.3, -0.25) is 9.59 Å². The van der Waals surface area contributed by atoms with Gasteiger partial charge in [-0.2, -0.15) is 0 Å². The van der Waals surface area contributed by atoms with Crippen LogP contribution in [0.5, 0.6) is 11.5 Å². The quantitative estimate of drug-likeness (QED) is 0.465. The molecule has 7 nitrogen and oxygen atoms in total. The number of ether oxygens (including phenoxy) is 2. The molecule has 2 aromatic carbocycles. The van der Waals surface area contributed by atoms with E-state index < -0.39 is 0 Å². The molecule has 2 heterocycles. The second kappa shape index (κ2) is 9.01. The van der Waals surface area contributed by atoms with Gasteiger partial charge in [0.15, 0.2) is 12.4 Å². The largest absolute Gasteiger partial charge is 0.497 e. The third-order valence-electron chi connectivity index (χ3n) is 5.02. The van der Waals surface area contributed by atoms with Crippen molar-refractivity contribution >= 4 is 16.9 Å². The van der Waals surface area contributed by atoms with Crippen LogP contribution in [0.2, 0.25) is 0 Å². The highest BCUT2D eigenvalue weighted by atomic mass is 16.5. The van der Waals surface area contributed by atoms with Gasteiger partial charge in [0.05, 0.1) is 25.3 Å². The number of rotatable bonds is 7. The van der Waals surface area contributed by atoms with Gasteiger partial charge in [-0.25, -0.2) is 0 Å². The van der Waals surface area contributed by atoms with Crippen LogP contribution in [0.15, 0.2) is 68.4 Å². The first-order valence-corrected chi connectivity index (χ1v) is 10.1. The highest BCUT2D eigenvalue weighted by molar-refractivity contribution is 5.85. The third-order valence-corrected chi connectivity index (χ3v) is 5.02. The van der Waals surface area contributed by atoms with Crippen molar-refractivity contribution in [2.45, 2.75) is 20.4 Å². The Morgan fingerprint density at radius 2 is 1.88 bits per heavy atom. The van der Waals surface area contributed by atoms with E-state index in [2.05, 4.69) is 5.32 Å². The van der Waals surface area contributed by atoms with Gasteiger partial charge in [0.2, 0.25) is 11.2 Å². The molecule has 32 heavy (non-hydrogen) atoms. The second-order valence-corrected chi connectivity index (χ2v) is 7.42. The van der Waals surface area contributed by atoms with Crippen molar-refractivity contribution in [3.8, 4) is 22.8 Å². The van der Waals surface area contributed by atoms with Crippen LogP contribution in [0, 0.1) is 13.8 Å². The number of nitrogens with one attached hydrogen (secondary N) is 1. The Bertz CT molecular complexity index is 1300. The molecule has 0 atom stereocenters. The highest BCUT2D eigenvalue weighted by Crippen LogP contribution is 2.33. The van der Waals surface area contributed by atoms with Crippen molar-refractivity contribution in [1.29, 1.82) is 0 Å². The number of benzene rings is 2. The molecule has 1 amide bonds. The van der Waals surface area contributed by atoms with E-state index >= 15 is 0 Å². The molecule has 164 valence electrons. The average molecular weight is 433 g/mol. The maximum atomic E-state index is 13.4. The van der Waals surface area contributed by atoms with Gasteiger partial charge in [0.25, 0.3) is 5.91 Å². The minimum Gasteiger partial charge on any atom is -0.497 e. The lowest BCUT2D eigenvalue weighted by Crippen LogP contribution is -2.29. The van der Waals surface area contributed by atoms with Crippen molar-refractivity contribution in [2.24, 2.45) is 0 Å². The molecular formula is C25H23NO6. The Hall–Kier alpha value is -4.00. The molecule has 0 bridgehead atoms. The summed E-state index contributed by atoms with van der Waals surface area (Å²) in [5.74, 6) is 1.15. The van der Waals surface area contributed by atoms with Crippen LogP contribution >= 0.6 is 0 Å². The molecule has 2 aromatic heterocycles. The van der Waals surface area contributed by atoms with Crippen LogP contribution in [0.3, 0.4) is 0 Å². The third kappa shape index (κ3) is 4.37. The molecule has 4 rings (SSSR count). The van der Waals surface area contributed by atoms with Crippen molar-refractivity contribution in [1.82, 2.24) is 5.32 Å². The minimum atomic E-state index is -0.387. The maximum Gasteiger partial charge on any atom is 0.258 e. The molecule has 0 aliphatic heterocycles. The first kappa shape index (κ1) is 21.2. The van der Waals surface area contributed by atoms with E-state index in [9.17, 15) is 9.59 Å². The van der Waals surface area contributed by atoms with Crippen LogP contribution in [-0.4, -0.2) is 19.6 Å². The summed E-state index contributed by atoms with van der Waals surface area (Å²) in [5.41, 5.74) is 2.57. The fraction of sp³-hybridized carbons (Fsp3) is 0.200. The number of aryl methyl sites for hydroxylation is 2. The molecule has 1 N–H and O–H groups in total. The summed E-state index contributed by atoms with van der Waals surface area (Å²) < 4.78 is 22.3. The van der Waals surface area contributed by atoms with Gasteiger partial charge in [-0.15, -0.1) is 0 Å². The maximum absolute atomic E-state index is 13.4.